The highest BCUT2D eigenvalue weighted by molar-refractivity contribution is 7.10. The molecule has 0 saturated heterocycles. The number of thiophene rings is 1. The van der Waals surface area contributed by atoms with E-state index in [0.29, 0.717) is 11.7 Å². The fourth-order valence-electron chi connectivity index (χ4n) is 2.09. The first-order valence-corrected chi connectivity index (χ1v) is 7.35. The highest BCUT2D eigenvalue weighted by Gasteiger charge is 2.12. The molecule has 0 bridgehead atoms. The maximum Gasteiger partial charge on any atom is 0.122 e. The van der Waals surface area contributed by atoms with Gasteiger partial charge in [0.05, 0.1) is 13.2 Å². The molecule has 0 amide bonds. The molecule has 3 nitrogen and oxygen atoms in total. The molecule has 1 aromatic heterocycles. The van der Waals surface area contributed by atoms with Crippen LogP contribution in [0.15, 0.2) is 35.7 Å². The zero-order valence-electron chi connectivity index (χ0n) is 11.3. The maximum atomic E-state index is 5.89. The first kappa shape index (κ1) is 13.7. The molecule has 2 aromatic rings. The van der Waals surface area contributed by atoms with Crippen molar-refractivity contribution < 1.29 is 4.74 Å². The summed E-state index contributed by atoms with van der Waals surface area (Å²) in [5.74, 6) is 0.781. The van der Waals surface area contributed by atoms with Gasteiger partial charge in [-0.2, -0.15) is 0 Å². The summed E-state index contributed by atoms with van der Waals surface area (Å²) in [6, 6.07) is 10.3. The molecule has 1 unspecified atom stereocenters. The highest BCUT2D eigenvalue weighted by atomic mass is 32.1. The second kappa shape index (κ2) is 6.48. The van der Waals surface area contributed by atoms with E-state index in [4.69, 9.17) is 10.5 Å². The molecular weight excluding hydrogens is 256 g/mol. The Morgan fingerprint density at radius 1 is 1.37 bits per heavy atom. The molecule has 3 N–H and O–H groups in total. The topological polar surface area (TPSA) is 47.3 Å². The summed E-state index contributed by atoms with van der Waals surface area (Å²) in [5.41, 5.74) is 7.60. The van der Waals surface area contributed by atoms with E-state index in [1.54, 1.807) is 18.4 Å². The Hall–Kier alpha value is -1.68. The van der Waals surface area contributed by atoms with E-state index in [1.165, 1.54) is 4.88 Å². The minimum absolute atomic E-state index is 0.330. The molecule has 0 aliphatic rings. The molecular formula is C15H20N2OS. The van der Waals surface area contributed by atoms with Crippen molar-refractivity contribution in [1.82, 2.24) is 0 Å². The van der Waals surface area contributed by atoms with Gasteiger partial charge >= 0.3 is 0 Å². The second-order valence-corrected chi connectivity index (χ2v) is 5.48. The fraction of sp³-hybridized carbons (Fsp3) is 0.333. The predicted octanol–water partition coefficient (Wildman–Crippen LogP) is 4.29. The van der Waals surface area contributed by atoms with Crippen LogP contribution < -0.4 is 15.8 Å². The van der Waals surface area contributed by atoms with Crippen LogP contribution in [0.5, 0.6) is 5.75 Å². The van der Waals surface area contributed by atoms with Crippen LogP contribution in [0.25, 0.3) is 0 Å². The maximum absolute atomic E-state index is 5.89. The van der Waals surface area contributed by atoms with Crippen LogP contribution in [0.2, 0.25) is 0 Å². The fourth-order valence-corrected chi connectivity index (χ4v) is 2.90. The predicted molar refractivity (Wildman–Crippen MR) is 83.0 cm³/mol. The number of hydrogen-bond donors (Lipinski definition) is 2. The number of anilines is 2. The average molecular weight is 276 g/mol. The van der Waals surface area contributed by atoms with E-state index in [0.717, 1.165) is 24.3 Å². The number of ether oxygens (including phenoxy) is 1. The molecule has 1 atom stereocenters. The molecule has 102 valence electrons. The lowest BCUT2D eigenvalue weighted by atomic mass is 10.1. The number of rotatable bonds is 6. The first-order valence-electron chi connectivity index (χ1n) is 6.47. The van der Waals surface area contributed by atoms with Crippen molar-refractivity contribution >= 4 is 22.7 Å². The first-order chi connectivity index (χ1) is 9.22. The SMILES string of the molecule is CCCC(Nc1cc(N)cc(OC)c1)c1cccs1. The second-order valence-electron chi connectivity index (χ2n) is 4.50. The normalized spacial score (nSPS) is 12.1. The van der Waals surface area contributed by atoms with Crippen molar-refractivity contribution in [2.24, 2.45) is 0 Å². The van der Waals surface area contributed by atoms with E-state index in [-0.39, 0.29) is 0 Å². The van der Waals surface area contributed by atoms with Crippen LogP contribution in [0, 0.1) is 0 Å². The van der Waals surface area contributed by atoms with Gasteiger partial charge in [0.2, 0.25) is 0 Å². The van der Waals surface area contributed by atoms with Crippen LogP contribution in [-0.2, 0) is 0 Å². The Balaban J connectivity index is 2.19. The number of hydrogen-bond acceptors (Lipinski definition) is 4. The van der Waals surface area contributed by atoms with Gasteiger partial charge in [-0.1, -0.05) is 19.4 Å². The highest BCUT2D eigenvalue weighted by Crippen LogP contribution is 2.30. The third kappa shape index (κ3) is 3.64. The molecule has 0 aliphatic carbocycles. The molecule has 4 heteroatoms. The Labute approximate surface area is 118 Å². The summed E-state index contributed by atoms with van der Waals surface area (Å²) in [7, 11) is 1.65. The molecule has 2 rings (SSSR count). The number of nitrogens with two attached hydrogens (primary N) is 1. The van der Waals surface area contributed by atoms with Crippen molar-refractivity contribution in [3.8, 4) is 5.75 Å². The Morgan fingerprint density at radius 3 is 2.84 bits per heavy atom. The summed E-state index contributed by atoms with van der Waals surface area (Å²) in [4.78, 5) is 1.35. The van der Waals surface area contributed by atoms with Gasteiger partial charge in [0.25, 0.3) is 0 Å². The number of nitrogen functional groups attached to an aromatic ring is 1. The van der Waals surface area contributed by atoms with Crippen LogP contribution in [0.1, 0.15) is 30.7 Å². The van der Waals surface area contributed by atoms with Crippen LogP contribution >= 0.6 is 11.3 Å². The van der Waals surface area contributed by atoms with Gasteiger partial charge in [0, 0.05) is 28.4 Å². The summed E-state index contributed by atoms with van der Waals surface area (Å²) >= 11 is 1.78. The molecule has 0 fully saturated rings. The standard InChI is InChI=1S/C15H20N2OS/c1-3-5-14(15-6-4-7-19-15)17-12-8-11(16)9-13(10-12)18-2/h4,6-10,14,17H,3,5,16H2,1-2H3. The zero-order chi connectivity index (χ0) is 13.7. The molecule has 1 aromatic carbocycles. The molecule has 0 aliphatic heterocycles. The van der Waals surface area contributed by atoms with Crippen LogP contribution in [-0.4, -0.2) is 7.11 Å². The van der Waals surface area contributed by atoms with Gasteiger partial charge in [0.1, 0.15) is 5.75 Å². The Morgan fingerprint density at radius 2 is 2.21 bits per heavy atom. The summed E-state index contributed by atoms with van der Waals surface area (Å²) in [6.07, 6.45) is 2.23. The lowest BCUT2D eigenvalue weighted by molar-refractivity contribution is 0.415. The quantitative estimate of drug-likeness (QED) is 0.774. The average Bonchev–Trinajstić information content (AvgIpc) is 2.91. The van der Waals surface area contributed by atoms with E-state index in [2.05, 4.69) is 29.8 Å². The van der Waals surface area contributed by atoms with Gasteiger partial charge in [-0.25, -0.2) is 0 Å². The Kier molecular flexibility index (Phi) is 4.68. The van der Waals surface area contributed by atoms with Gasteiger partial charge in [-0.3, -0.25) is 0 Å². The molecule has 0 spiro atoms. The third-order valence-electron chi connectivity index (χ3n) is 2.97. The lowest BCUT2D eigenvalue weighted by Gasteiger charge is -2.19. The van der Waals surface area contributed by atoms with E-state index in [1.807, 2.05) is 18.2 Å². The molecule has 19 heavy (non-hydrogen) atoms. The van der Waals surface area contributed by atoms with Crippen molar-refractivity contribution in [2.45, 2.75) is 25.8 Å². The minimum atomic E-state index is 0.330. The van der Waals surface area contributed by atoms with Crippen molar-refractivity contribution in [1.29, 1.82) is 0 Å². The Bertz CT molecular complexity index is 511. The monoisotopic (exact) mass is 276 g/mol. The zero-order valence-corrected chi connectivity index (χ0v) is 12.2. The van der Waals surface area contributed by atoms with Gasteiger partial charge in [-0.05, 0) is 23.9 Å². The molecule has 0 radical (unpaired) electrons. The van der Waals surface area contributed by atoms with Gasteiger partial charge in [0.15, 0.2) is 0 Å². The number of methoxy groups -OCH3 is 1. The van der Waals surface area contributed by atoms with Crippen molar-refractivity contribution in [3.05, 3.63) is 40.6 Å². The summed E-state index contributed by atoms with van der Waals surface area (Å²) < 4.78 is 5.25. The van der Waals surface area contributed by atoms with E-state index >= 15 is 0 Å². The lowest BCUT2D eigenvalue weighted by Crippen LogP contribution is -2.09. The number of nitrogens with one attached hydrogen (secondary N) is 1. The smallest absolute Gasteiger partial charge is 0.122 e. The van der Waals surface area contributed by atoms with Gasteiger partial charge in [-0.15, -0.1) is 11.3 Å². The van der Waals surface area contributed by atoms with Crippen LogP contribution in [0.4, 0.5) is 11.4 Å². The van der Waals surface area contributed by atoms with Crippen LogP contribution in [0.3, 0.4) is 0 Å². The molecule has 0 saturated carbocycles. The summed E-state index contributed by atoms with van der Waals surface area (Å²) in [5, 5.41) is 5.66. The molecule has 1 heterocycles. The third-order valence-corrected chi connectivity index (χ3v) is 3.96. The van der Waals surface area contributed by atoms with Crippen molar-refractivity contribution in [3.63, 3.8) is 0 Å². The van der Waals surface area contributed by atoms with E-state index < -0.39 is 0 Å². The minimum Gasteiger partial charge on any atom is -0.497 e. The van der Waals surface area contributed by atoms with E-state index in [9.17, 15) is 0 Å². The largest absolute Gasteiger partial charge is 0.497 e. The van der Waals surface area contributed by atoms with Crippen molar-refractivity contribution in [2.75, 3.05) is 18.2 Å². The van der Waals surface area contributed by atoms with Gasteiger partial charge < -0.3 is 15.8 Å². The number of benzene rings is 1. The summed E-state index contributed by atoms with van der Waals surface area (Å²) in [6.45, 7) is 2.20.